The van der Waals surface area contributed by atoms with Gasteiger partial charge in [-0.3, -0.25) is 9.78 Å². The number of carbonyl (C=O) groups excluding carboxylic acids is 1. The van der Waals surface area contributed by atoms with Crippen LogP contribution in [-0.4, -0.2) is 15.9 Å². The number of rotatable bonds is 2. The van der Waals surface area contributed by atoms with Crippen LogP contribution < -0.4 is 5.73 Å². The number of hydrogen-bond acceptors (Lipinski definition) is 6. The van der Waals surface area contributed by atoms with Gasteiger partial charge < -0.3 is 14.3 Å². The van der Waals surface area contributed by atoms with Crippen LogP contribution in [0.5, 0.6) is 0 Å². The number of nitrogens with two attached hydrogens (primary N) is 1. The van der Waals surface area contributed by atoms with Crippen LogP contribution in [0.4, 0.5) is 5.82 Å². The van der Waals surface area contributed by atoms with Crippen LogP contribution in [0.25, 0.3) is 0 Å². The zero-order valence-electron chi connectivity index (χ0n) is 13.5. The minimum absolute atomic E-state index is 0. The molecule has 0 atom stereocenters. The number of carbonyl (C=O) groups is 1. The molecule has 2 N–H and O–H groups in total. The molecule has 0 fully saturated rings. The Kier molecular flexibility index (Phi) is 6.80. The molecular weight excluding hydrogens is 360 g/mol. The van der Waals surface area contributed by atoms with Gasteiger partial charge in [-0.05, 0) is 18.2 Å². The van der Waals surface area contributed by atoms with Gasteiger partial charge in [-0.15, -0.1) is 0 Å². The minimum atomic E-state index is -1.76. The van der Waals surface area contributed by atoms with E-state index in [1.807, 2.05) is 0 Å². The molecule has 0 aliphatic carbocycles. The molecule has 0 bridgehead atoms. The number of pyridine rings is 2. The van der Waals surface area contributed by atoms with Crippen molar-refractivity contribution in [3.8, 4) is 11.8 Å². The number of nitrogens with zero attached hydrogens (tertiary/aromatic N) is 3. The van der Waals surface area contributed by atoms with E-state index in [1.165, 1.54) is 12.4 Å². The highest BCUT2D eigenvalue weighted by Gasteiger charge is 2.02. The van der Waals surface area contributed by atoms with Crippen LogP contribution in [0.1, 0.15) is 28.9 Å². The van der Waals surface area contributed by atoms with Crippen LogP contribution in [-0.2, 0) is 14.8 Å². The largest absolute Gasteiger partial charge is 0.440 e. The number of hydrogen-bond donors (Lipinski definition) is 1. The van der Waals surface area contributed by atoms with Crippen LogP contribution in [0, 0.1) is 11.8 Å². The fraction of sp³-hybridized carbons (Fsp3) is 0.0500. The number of benzene rings is 1. The first kappa shape index (κ1) is 19.8. The molecule has 0 unspecified atom stereocenters. The first-order chi connectivity index (χ1) is 12.6. The van der Waals surface area contributed by atoms with Crippen molar-refractivity contribution >= 4 is 22.3 Å². The molecule has 0 radical (unpaired) electrons. The van der Waals surface area contributed by atoms with Crippen LogP contribution in [0.3, 0.4) is 0 Å². The van der Waals surface area contributed by atoms with Crippen molar-refractivity contribution in [1.82, 2.24) is 9.97 Å². The van der Waals surface area contributed by atoms with E-state index in [4.69, 9.17) is 5.73 Å². The standard InChI is InChI=1S/C19H13N4O2S.CH4/c20-18-9-8-14(12-22-18)6-7-15-10-16(13-21-11-15)19(24)23-26(25)17-4-2-1-3-5-17;/h1-5,8-13H,(H2,20,22);1H4/q-1;. The lowest BCUT2D eigenvalue weighted by Crippen LogP contribution is -1.97. The Balaban J connectivity index is 0.00000261. The van der Waals surface area contributed by atoms with Crippen LogP contribution in [0.15, 0.2) is 76.4 Å². The molecule has 2 heterocycles. The maximum absolute atomic E-state index is 12.2. The summed E-state index contributed by atoms with van der Waals surface area (Å²) in [5.41, 5.74) is 6.97. The summed E-state index contributed by atoms with van der Waals surface area (Å²) in [5, 5.41) is 0. The smallest absolute Gasteiger partial charge is 0.255 e. The van der Waals surface area contributed by atoms with E-state index in [-0.39, 0.29) is 13.0 Å². The highest BCUT2D eigenvalue weighted by atomic mass is 32.2. The summed E-state index contributed by atoms with van der Waals surface area (Å²) >= 11 is 0. The molecule has 7 heteroatoms. The molecule has 0 spiro atoms. The molecule has 0 aliphatic rings. The van der Waals surface area contributed by atoms with Gasteiger partial charge in [0.25, 0.3) is 5.91 Å². The average molecular weight is 377 g/mol. The highest BCUT2D eigenvalue weighted by Crippen LogP contribution is 2.08. The minimum Gasteiger partial charge on any atom is -0.440 e. The average Bonchev–Trinajstić information content (AvgIpc) is 2.68. The van der Waals surface area contributed by atoms with Gasteiger partial charge in [-0.2, -0.15) is 10.6 Å². The third-order valence-electron chi connectivity index (χ3n) is 3.23. The van der Waals surface area contributed by atoms with Crippen LogP contribution in [0.2, 0.25) is 0 Å². The lowest BCUT2D eigenvalue weighted by atomic mass is 10.2. The third kappa shape index (κ3) is 5.49. The number of amides is 1. The van der Waals surface area contributed by atoms with Crippen molar-refractivity contribution in [3.63, 3.8) is 0 Å². The summed E-state index contributed by atoms with van der Waals surface area (Å²) in [5.74, 6) is 5.61. The summed E-state index contributed by atoms with van der Waals surface area (Å²) in [6, 6.07) is 13.5. The Labute approximate surface area is 159 Å². The highest BCUT2D eigenvalue weighted by molar-refractivity contribution is 7.75. The molecular formula is C20H17N4O2S-. The van der Waals surface area contributed by atoms with Crippen molar-refractivity contribution in [3.05, 3.63) is 83.8 Å². The zero-order valence-corrected chi connectivity index (χ0v) is 14.3. The van der Waals surface area contributed by atoms with Crippen molar-refractivity contribution in [2.24, 2.45) is 4.36 Å². The fourth-order valence-electron chi connectivity index (χ4n) is 1.97. The van der Waals surface area contributed by atoms with Gasteiger partial charge in [-0.25, -0.2) is 4.98 Å². The number of aromatic nitrogens is 2. The molecule has 3 rings (SSSR count). The Bertz CT molecular complexity index is 1080. The molecule has 2 aromatic heterocycles. The Morgan fingerprint density at radius 1 is 1.00 bits per heavy atom. The van der Waals surface area contributed by atoms with Gasteiger partial charge >= 0.3 is 0 Å². The first-order valence-corrected chi connectivity index (χ1v) is 8.64. The summed E-state index contributed by atoms with van der Waals surface area (Å²) in [7, 11) is -1.76. The summed E-state index contributed by atoms with van der Waals surface area (Å²) < 4.78 is 15.8. The lowest BCUT2D eigenvalue weighted by Gasteiger charge is -2.04. The molecule has 6 nitrogen and oxygen atoms in total. The van der Waals surface area contributed by atoms with Gasteiger partial charge in [0.15, 0.2) is 0 Å². The van der Waals surface area contributed by atoms with Crippen molar-refractivity contribution in [2.45, 2.75) is 12.3 Å². The topological polar surface area (TPSA) is 98.3 Å². The number of nitrogen functional groups attached to an aromatic ring is 1. The summed E-state index contributed by atoms with van der Waals surface area (Å²) in [6.45, 7) is 0. The fourth-order valence-corrected chi connectivity index (χ4v) is 2.72. The second-order valence-corrected chi connectivity index (χ2v) is 6.29. The zero-order chi connectivity index (χ0) is 18.4. The monoisotopic (exact) mass is 377 g/mol. The normalized spacial score (nSPS) is 11.0. The van der Waals surface area contributed by atoms with Gasteiger partial charge in [0.2, 0.25) is 0 Å². The predicted molar refractivity (Wildman–Crippen MR) is 105 cm³/mol. The van der Waals surface area contributed by atoms with Gasteiger partial charge in [0, 0.05) is 29.7 Å². The van der Waals surface area contributed by atoms with Crippen molar-refractivity contribution in [1.29, 1.82) is 0 Å². The van der Waals surface area contributed by atoms with E-state index in [9.17, 15) is 9.00 Å². The van der Waals surface area contributed by atoms with Crippen molar-refractivity contribution in [2.75, 3.05) is 5.73 Å². The van der Waals surface area contributed by atoms with Crippen LogP contribution >= 0.6 is 0 Å². The first-order valence-electron chi connectivity index (χ1n) is 7.53. The lowest BCUT2D eigenvalue weighted by molar-refractivity contribution is 0.100. The maximum atomic E-state index is 12.2. The molecule has 27 heavy (non-hydrogen) atoms. The second kappa shape index (κ2) is 9.27. The van der Waals surface area contributed by atoms with E-state index in [0.717, 1.165) is 0 Å². The Morgan fingerprint density at radius 2 is 1.74 bits per heavy atom. The van der Waals surface area contributed by atoms with E-state index in [1.54, 1.807) is 54.7 Å². The molecule has 0 saturated carbocycles. The third-order valence-corrected chi connectivity index (χ3v) is 4.24. The predicted octanol–water partition coefficient (Wildman–Crippen LogP) is 3.44. The van der Waals surface area contributed by atoms with E-state index in [2.05, 4.69) is 26.2 Å². The SMILES string of the molecule is C.Nc1ccc(C#Cc2cncc(C(=O)N=[S-](=O)c3ccccc3)c2)cn1. The molecule has 0 aliphatic heterocycles. The van der Waals surface area contributed by atoms with E-state index in [0.29, 0.717) is 21.8 Å². The molecule has 0 saturated heterocycles. The molecule has 1 amide bonds. The van der Waals surface area contributed by atoms with Gasteiger partial charge in [0.05, 0.1) is 5.56 Å². The Morgan fingerprint density at radius 3 is 2.44 bits per heavy atom. The molecule has 1 aromatic carbocycles. The Hall–Kier alpha value is -3.50. The van der Waals surface area contributed by atoms with E-state index >= 15 is 0 Å². The number of anilines is 1. The quantitative estimate of drug-likeness (QED) is 0.545. The van der Waals surface area contributed by atoms with Gasteiger partial charge in [0.1, 0.15) is 5.82 Å². The van der Waals surface area contributed by atoms with Crippen molar-refractivity contribution < 1.29 is 9.00 Å². The second-order valence-electron chi connectivity index (χ2n) is 5.14. The van der Waals surface area contributed by atoms with E-state index < -0.39 is 16.5 Å². The van der Waals surface area contributed by atoms with Gasteiger partial charge in [-0.1, -0.05) is 54.5 Å². The molecule has 3 aromatic rings. The maximum Gasteiger partial charge on any atom is 0.255 e. The molecule has 136 valence electrons. The summed E-state index contributed by atoms with van der Waals surface area (Å²) in [6.07, 6.45) is 4.45. The summed E-state index contributed by atoms with van der Waals surface area (Å²) in [4.78, 5) is 20.6.